The van der Waals surface area contributed by atoms with Gasteiger partial charge in [-0.1, -0.05) is 5.16 Å². The molecule has 0 aliphatic carbocycles. The van der Waals surface area contributed by atoms with E-state index >= 15 is 0 Å². The summed E-state index contributed by atoms with van der Waals surface area (Å²) in [4.78, 5) is 16.1. The Kier molecular flexibility index (Phi) is 3.74. The fourth-order valence-electron chi connectivity index (χ4n) is 1.61. The van der Waals surface area contributed by atoms with Crippen LogP contribution in [0.4, 0.5) is 11.5 Å². The van der Waals surface area contributed by atoms with E-state index in [1.165, 1.54) is 0 Å². The van der Waals surface area contributed by atoms with Crippen molar-refractivity contribution in [3.05, 3.63) is 35.9 Å². The average Bonchev–Trinajstić information content (AvgIpc) is 2.73. The molecule has 0 aromatic carbocycles. The van der Waals surface area contributed by atoms with Crippen molar-refractivity contribution in [1.82, 2.24) is 15.5 Å². The van der Waals surface area contributed by atoms with Gasteiger partial charge < -0.3 is 15.2 Å². The maximum absolute atomic E-state index is 12.0. The molecule has 2 heterocycles. The van der Waals surface area contributed by atoms with Crippen LogP contribution in [-0.2, 0) is 0 Å². The molecular weight excluding hydrogens is 256 g/mol. The predicted octanol–water partition coefficient (Wildman–Crippen LogP) is 2.65. The Balaban J connectivity index is 2.13. The summed E-state index contributed by atoms with van der Waals surface area (Å²) < 4.78 is 4.97. The van der Waals surface area contributed by atoms with Crippen molar-refractivity contribution in [3.63, 3.8) is 0 Å². The second-order valence-electron chi connectivity index (χ2n) is 5.58. The van der Waals surface area contributed by atoms with Crippen LogP contribution in [0.25, 0.3) is 0 Å². The zero-order valence-electron chi connectivity index (χ0n) is 12.0. The van der Waals surface area contributed by atoms with Crippen molar-refractivity contribution < 1.29 is 9.32 Å². The molecule has 0 atom stereocenters. The lowest BCUT2D eigenvalue weighted by atomic mass is 10.1. The number of hydrogen-bond donors (Lipinski definition) is 2. The molecule has 0 saturated heterocycles. The second kappa shape index (κ2) is 5.32. The van der Waals surface area contributed by atoms with Gasteiger partial charge in [0.05, 0.1) is 0 Å². The summed E-state index contributed by atoms with van der Waals surface area (Å²) in [5.41, 5.74) is 0.781. The molecule has 1 amide bonds. The summed E-state index contributed by atoms with van der Waals surface area (Å²) in [6.45, 7) is 7.58. The summed E-state index contributed by atoms with van der Waals surface area (Å²) in [7, 11) is 0. The first-order valence-corrected chi connectivity index (χ1v) is 6.32. The monoisotopic (exact) mass is 274 g/mol. The molecule has 0 radical (unpaired) electrons. The second-order valence-corrected chi connectivity index (χ2v) is 5.58. The maximum Gasteiger partial charge on any atom is 0.270 e. The molecule has 0 aliphatic rings. The van der Waals surface area contributed by atoms with Crippen LogP contribution in [0.1, 0.15) is 37.0 Å². The first-order valence-electron chi connectivity index (χ1n) is 6.32. The van der Waals surface area contributed by atoms with E-state index < -0.39 is 0 Å². The van der Waals surface area contributed by atoms with Gasteiger partial charge in [0.1, 0.15) is 11.5 Å². The summed E-state index contributed by atoms with van der Waals surface area (Å²) in [6.07, 6.45) is 1.58. The van der Waals surface area contributed by atoms with E-state index in [4.69, 9.17) is 4.52 Å². The Bertz CT molecular complexity index is 614. The summed E-state index contributed by atoms with van der Waals surface area (Å²) in [6, 6.07) is 5.21. The zero-order valence-corrected chi connectivity index (χ0v) is 12.0. The van der Waals surface area contributed by atoms with Gasteiger partial charge in [0.2, 0.25) is 0 Å². The number of hydrogen-bond acceptors (Lipinski definition) is 5. The van der Waals surface area contributed by atoms with E-state index in [9.17, 15) is 4.79 Å². The van der Waals surface area contributed by atoms with Crippen molar-refractivity contribution >= 4 is 17.4 Å². The lowest BCUT2D eigenvalue weighted by Gasteiger charge is -2.20. The molecule has 2 aromatic rings. The number of carbonyl (C=O) groups excluding carboxylic acids is 1. The minimum Gasteiger partial charge on any atom is -0.360 e. The van der Waals surface area contributed by atoms with E-state index in [-0.39, 0.29) is 11.4 Å². The predicted molar refractivity (Wildman–Crippen MR) is 76.0 cm³/mol. The highest BCUT2D eigenvalue weighted by atomic mass is 16.5. The van der Waals surface area contributed by atoms with Gasteiger partial charge in [-0.2, -0.15) is 0 Å². The largest absolute Gasteiger partial charge is 0.360 e. The van der Waals surface area contributed by atoms with Crippen molar-refractivity contribution in [2.45, 2.75) is 33.2 Å². The van der Waals surface area contributed by atoms with Gasteiger partial charge in [-0.05, 0) is 39.8 Å². The molecule has 0 fully saturated rings. The van der Waals surface area contributed by atoms with Gasteiger partial charge >= 0.3 is 0 Å². The molecule has 106 valence electrons. The number of anilines is 2. The molecule has 20 heavy (non-hydrogen) atoms. The van der Waals surface area contributed by atoms with Crippen molar-refractivity contribution in [2.75, 3.05) is 5.32 Å². The average molecular weight is 274 g/mol. The summed E-state index contributed by atoms with van der Waals surface area (Å²) in [5, 5.41) is 9.76. The number of aryl methyl sites for hydroxylation is 1. The lowest BCUT2D eigenvalue weighted by Crippen LogP contribution is -2.40. The van der Waals surface area contributed by atoms with E-state index in [1.54, 1.807) is 24.4 Å². The van der Waals surface area contributed by atoms with Crippen LogP contribution in [0.2, 0.25) is 0 Å². The molecule has 2 aromatic heterocycles. The third-order valence-electron chi connectivity index (χ3n) is 2.38. The fourth-order valence-corrected chi connectivity index (χ4v) is 1.61. The first-order chi connectivity index (χ1) is 9.33. The van der Waals surface area contributed by atoms with Crippen molar-refractivity contribution in [2.24, 2.45) is 0 Å². The highest BCUT2D eigenvalue weighted by Gasteiger charge is 2.16. The van der Waals surface area contributed by atoms with Crippen molar-refractivity contribution in [3.8, 4) is 0 Å². The van der Waals surface area contributed by atoms with Crippen LogP contribution in [0.15, 0.2) is 28.9 Å². The zero-order chi connectivity index (χ0) is 14.8. The minimum absolute atomic E-state index is 0.211. The van der Waals surface area contributed by atoms with Gasteiger partial charge in [-0.25, -0.2) is 0 Å². The van der Waals surface area contributed by atoms with Crippen molar-refractivity contribution in [1.29, 1.82) is 0 Å². The first kappa shape index (κ1) is 14.0. The van der Waals surface area contributed by atoms with E-state index in [1.807, 2.05) is 27.7 Å². The van der Waals surface area contributed by atoms with Crippen LogP contribution in [0, 0.1) is 6.92 Å². The van der Waals surface area contributed by atoms with Gasteiger partial charge in [0.25, 0.3) is 5.91 Å². The Hall–Kier alpha value is -2.37. The number of nitrogens with zero attached hydrogens (tertiary/aromatic N) is 2. The molecule has 2 rings (SSSR count). The minimum atomic E-state index is -0.300. The normalized spacial score (nSPS) is 11.2. The quantitative estimate of drug-likeness (QED) is 0.899. The Labute approximate surface area is 117 Å². The Morgan fingerprint density at radius 1 is 1.30 bits per heavy atom. The molecule has 0 bridgehead atoms. The van der Waals surface area contributed by atoms with Crippen LogP contribution in [0.3, 0.4) is 0 Å². The lowest BCUT2D eigenvalue weighted by molar-refractivity contribution is 0.0914. The third-order valence-corrected chi connectivity index (χ3v) is 2.38. The van der Waals surface area contributed by atoms with Crippen LogP contribution < -0.4 is 10.6 Å². The number of aromatic nitrogens is 2. The highest BCUT2D eigenvalue weighted by molar-refractivity contribution is 5.93. The van der Waals surface area contributed by atoms with Gasteiger partial charge in [0, 0.05) is 23.5 Å². The summed E-state index contributed by atoms with van der Waals surface area (Å²) in [5.74, 6) is 1.10. The standard InChI is InChI=1S/C14H18N4O2/c1-9-7-12(18-20-9)16-10-5-6-15-11(8-10)13(19)17-14(2,3)4/h5-8H,1-4H3,(H,17,19)(H,15,16,18). The van der Waals surface area contributed by atoms with E-state index in [0.717, 1.165) is 5.69 Å². The van der Waals surface area contributed by atoms with Gasteiger partial charge in [-0.15, -0.1) is 0 Å². The summed E-state index contributed by atoms with van der Waals surface area (Å²) >= 11 is 0. The molecule has 0 unspecified atom stereocenters. The number of pyridine rings is 1. The fraction of sp³-hybridized carbons (Fsp3) is 0.357. The molecule has 6 nitrogen and oxygen atoms in total. The SMILES string of the molecule is Cc1cc(Nc2ccnc(C(=O)NC(C)(C)C)c2)no1. The molecule has 2 N–H and O–H groups in total. The van der Waals surface area contributed by atoms with Gasteiger partial charge in [-0.3, -0.25) is 9.78 Å². The van der Waals surface area contributed by atoms with Crippen LogP contribution in [-0.4, -0.2) is 21.6 Å². The van der Waals surface area contributed by atoms with Crippen LogP contribution in [0.5, 0.6) is 0 Å². The maximum atomic E-state index is 12.0. The van der Waals surface area contributed by atoms with Gasteiger partial charge in [0.15, 0.2) is 5.82 Å². The molecular formula is C14H18N4O2. The molecule has 6 heteroatoms. The smallest absolute Gasteiger partial charge is 0.270 e. The van der Waals surface area contributed by atoms with E-state index in [0.29, 0.717) is 17.3 Å². The number of carbonyl (C=O) groups is 1. The number of nitrogens with one attached hydrogen (secondary N) is 2. The molecule has 0 saturated carbocycles. The molecule has 0 spiro atoms. The Morgan fingerprint density at radius 2 is 2.05 bits per heavy atom. The van der Waals surface area contributed by atoms with Crippen LogP contribution >= 0.6 is 0 Å². The number of amides is 1. The topological polar surface area (TPSA) is 80.0 Å². The number of rotatable bonds is 3. The highest BCUT2D eigenvalue weighted by Crippen LogP contribution is 2.16. The van der Waals surface area contributed by atoms with E-state index in [2.05, 4.69) is 20.8 Å². The third kappa shape index (κ3) is 3.81. The molecule has 0 aliphatic heterocycles. The Morgan fingerprint density at radius 3 is 2.65 bits per heavy atom.